The van der Waals surface area contributed by atoms with E-state index in [-0.39, 0.29) is 12.5 Å². The van der Waals surface area contributed by atoms with Gasteiger partial charge in [-0.1, -0.05) is 18.2 Å². The Morgan fingerprint density at radius 1 is 1.31 bits per heavy atom. The van der Waals surface area contributed by atoms with Crippen LogP contribution in [0.3, 0.4) is 0 Å². The first kappa shape index (κ1) is 12.9. The second-order valence-electron chi connectivity index (χ2n) is 2.76. The molecule has 0 saturated heterocycles. The third kappa shape index (κ3) is 4.57. The molecule has 88 valence electrons. The van der Waals surface area contributed by atoms with Gasteiger partial charge in [0.15, 0.2) is 0 Å². The van der Waals surface area contributed by atoms with Gasteiger partial charge in [-0.2, -0.15) is 0 Å². The predicted octanol–water partition coefficient (Wildman–Crippen LogP) is 1.70. The van der Waals surface area contributed by atoms with Gasteiger partial charge in [0.2, 0.25) is 0 Å². The fourth-order valence-corrected chi connectivity index (χ4v) is 1.75. The number of benzene rings is 1. The Hall–Kier alpha value is -1.16. The SMILES string of the molecule is COC(=O)CNP(OC)Oc1ccccc1. The highest BCUT2D eigenvalue weighted by atomic mass is 31.2. The van der Waals surface area contributed by atoms with E-state index in [1.54, 1.807) is 0 Å². The van der Waals surface area contributed by atoms with Crippen LogP contribution in [0.15, 0.2) is 30.3 Å². The highest BCUT2D eigenvalue weighted by molar-refractivity contribution is 7.45. The Kier molecular flexibility index (Phi) is 5.78. The average Bonchev–Trinajstić information content (AvgIpc) is 2.35. The first-order valence-electron chi connectivity index (χ1n) is 4.64. The van der Waals surface area contributed by atoms with Gasteiger partial charge in [-0.05, 0) is 12.1 Å². The number of esters is 1. The topological polar surface area (TPSA) is 56.8 Å². The summed E-state index contributed by atoms with van der Waals surface area (Å²) in [7, 11) is 1.52. The molecule has 0 aliphatic rings. The molecule has 1 unspecified atom stereocenters. The summed E-state index contributed by atoms with van der Waals surface area (Å²) >= 11 is 0. The molecule has 1 atom stereocenters. The Bertz CT molecular complexity index is 320. The standard InChI is InChI=1S/C10H14NO4P/c1-13-10(12)8-11-16(14-2)15-9-6-4-3-5-7-9/h3-7,11H,8H2,1-2H3. The molecule has 0 spiro atoms. The van der Waals surface area contributed by atoms with E-state index >= 15 is 0 Å². The van der Waals surface area contributed by atoms with Crippen molar-refractivity contribution in [2.75, 3.05) is 20.8 Å². The average molecular weight is 243 g/mol. The van der Waals surface area contributed by atoms with Crippen molar-refractivity contribution in [3.63, 3.8) is 0 Å². The zero-order chi connectivity index (χ0) is 11.8. The molecular formula is C10H14NO4P. The molecule has 1 aromatic rings. The lowest BCUT2D eigenvalue weighted by Gasteiger charge is -2.15. The molecule has 6 heteroatoms. The van der Waals surface area contributed by atoms with Gasteiger partial charge < -0.3 is 13.8 Å². The van der Waals surface area contributed by atoms with Crippen LogP contribution in [0.25, 0.3) is 0 Å². The van der Waals surface area contributed by atoms with Crippen LogP contribution in [0.4, 0.5) is 0 Å². The highest BCUT2D eigenvalue weighted by Crippen LogP contribution is 2.33. The number of carbonyl (C=O) groups is 1. The first-order valence-corrected chi connectivity index (χ1v) is 5.81. The van der Waals surface area contributed by atoms with Crippen LogP contribution in [-0.2, 0) is 14.1 Å². The maximum atomic E-state index is 10.9. The Balaban J connectivity index is 2.40. The minimum Gasteiger partial charge on any atom is -0.468 e. The molecule has 0 amide bonds. The Morgan fingerprint density at radius 3 is 2.56 bits per heavy atom. The minimum absolute atomic E-state index is 0.0584. The van der Waals surface area contributed by atoms with Crippen molar-refractivity contribution in [1.29, 1.82) is 0 Å². The van der Waals surface area contributed by atoms with Crippen LogP contribution in [-0.4, -0.2) is 26.7 Å². The smallest absolute Gasteiger partial charge is 0.320 e. The molecular weight excluding hydrogens is 229 g/mol. The molecule has 0 aliphatic heterocycles. The summed E-state index contributed by atoms with van der Waals surface area (Å²) in [6.45, 7) is 0.0584. The molecule has 0 saturated carbocycles. The van der Waals surface area contributed by atoms with E-state index in [2.05, 4.69) is 9.82 Å². The van der Waals surface area contributed by atoms with Crippen molar-refractivity contribution < 1.29 is 18.6 Å². The van der Waals surface area contributed by atoms with Gasteiger partial charge in [0, 0.05) is 7.11 Å². The van der Waals surface area contributed by atoms with E-state index in [1.807, 2.05) is 30.3 Å². The monoisotopic (exact) mass is 243 g/mol. The number of methoxy groups -OCH3 is 1. The summed E-state index contributed by atoms with van der Waals surface area (Å²) in [4.78, 5) is 10.9. The van der Waals surface area contributed by atoms with E-state index in [9.17, 15) is 4.79 Å². The molecule has 0 fully saturated rings. The van der Waals surface area contributed by atoms with E-state index < -0.39 is 8.53 Å². The third-order valence-electron chi connectivity index (χ3n) is 1.68. The summed E-state index contributed by atoms with van der Waals surface area (Å²) in [5.74, 6) is 0.328. The van der Waals surface area contributed by atoms with E-state index in [0.717, 1.165) is 0 Å². The maximum Gasteiger partial charge on any atom is 0.320 e. The van der Waals surface area contributed by atoms with Crippen molar-refractivity contribution in [3.05, 3.63) is 30.3 Å². The lowest BCUT2D eigenvalue weighted by atomic mass is 10.3. The highest BCUT2D eigenvalue weighted by Gasteiger charge is 2.12. The molecule has 1 rings (SSSR count). The van der Waals surface area contributed by atoms with Gasteiger partial charge in [-0.3, -0.25) is 4.79 Å². The summed E-state index contributed by atoms with van der Waals surface area (Å²) in [5.41, 5.74) is 0. The summed E-state index contributed by atoms with van der Waals surface area (Å²) in [6.07, 6.45) is 0. The van der Waals surface area contributed by atoms with Crippen LogP contribution in [0.5, 0.6) is 5.75 Å². The van der Waals surface area contributed by atoms with Gasteiger partial charge in [0.1, 0.15) is 12.3 Å². The number of hydrogen-bond donors (Lipinski definition) is 1. The number of para-hydroxylation sites is 1. The van der Waals surface area contributed by atoms with Crippen LogP contribution < -0.4 is 9.61 Å². The van der Waals surface area contributed by atoms with E-state index in [0.29, 0.717) is 5.75 Å². The second-order valence-corrected chi connectivity index (χ2v) is 4.13. The zero-order valence-electron chi connectivity index (χ0n) is 9.17. The normalized spacial score (nSPS) is 11.9. The Morgan fingerprint density at radius 2 is 2.00 bits per heavy atom. The van der Waals surface area contributed by atoms with Crippen molar-refractivity contribution >= 4 is 14.5 Å². The van der Waals surface area contributed by atoms with Crippen LogP contribution in [0.1, 0.15) is 0 Å². The number of ether oxygens (including phenoxy) is 1. The summed E-state index contributed by atoms with van der Waals surface area (Å²) in [6, 6.07) is 9.24. The predicted molar refractivity (Wildman–Crippen MR) is 61.0 cm³/mol. The molecule has 16 heavy (non-hydrogen) atoms. The van der Waals surface area contributed by atoms with Crippen molar-refractivity contribution in [3.8, 4) is 5.75 Å². The zero-order valence-corrected chi connectivity index (χ0v) is 10.1. The van der Waals surface area contributed by atoms with Crippen molar-refractivity contribution in [2.24, 2.45) is 0 Å². The summed E-state index contributed by atoms with van der Waals surface area (Å²) in [5, 5.41) is 2.81. The van der Waals surface area contributed by atoms with Crippen LogP contribution >= 0.6 is 8.53 Å². The quantitative estimate of drug-likeness (QED) is 0.608. The molecule has 0 aromatic heterocycles. The Labute approximate surface area is 95.7 Å². The van der Waals surface area contributed by atoms with Gasteiger partial charge >= 0.3 is 14.5 Å². The van der Waals surface area contributed by atoms with Crippen LogP contribution in [0.2, 0.25) is 0 Å². The largest absolute Gasteiger partial charge is 0.468 e. The third-order valence-corrected chi connectivity index (χ3v) is 2.80. The van der Waals surface area contributed by atoms with E-state index in [4.69, 9.17) is 9.05 Å². The lowest BCUT2D eigenvalue weighted by molar-refractivity contribution is -0.139. The summed E-state index contributed by atoms with van der Waals surface area (Å²) < 4.78 is 15.0. The lowest BCUT2D eigenvalue weighted by Crippen LogP contribution is -2.21. The molecule has 0 aliphatic carbocycles. The van der Waals surface area contributed by atoms with Gasteiger partial charge in [0.25, 0.3) is 0 Å². The second kappa shape index (κ2) is 7.17. The fraction of sp³-hybridized carbons (Fsp3) is 0.300. The maximum absolute atomic E-state index is 10.9. The van der Waals surface area contributed by atoms with Gasteiger partial charge in [-0.25, -0.2) is 5.09 Å². The molecule has 5 nitrogen and oxygen atoms in total. The van der Waals surface area contributed by atoms with Crippen LogP contribution in [0, 0.1) is 0 Å². The van der Waals surface area contributed by atoms with Gasteiger partial charge in [0.05, 0.1) is 7.11 Å². The molecule has 0 heterocycles. The number of carbonyl (C=O) groups excluding carboxylic acids is 1. The number of nitrogens with one attached hydrogen (secondary N) is 1. The minimum atomic E-state index is -1.32. The first-order chi connectivity index (χ1) is 7.76. The fourth-order valence-electron chi connectivity index (χ4n) is 0.912. The molecule has 0 bridgehead atoms. The van der Waals surface area contributed by atoms with E-state index in [1.165, 1.54) is 14.2 Å². The molecule has 1 aromatic carbocycles. The van der Waals surface area contributed by atoms with Crippen molar-refractivity contribution in [1.82, 2.24) is 5.09 Å². The molecule has 1 N–H and O–H groups in total. The number of rotatable bonds is 6. The molecule has 0 radical (unpaired) electrons. The van der Waals surface area contributed by atoms with Crippen molar-refractivity contribution in [2.45, 2.75) is 0 Å². The number of hydrogen-bond acceptors (Lipinski definition) is 5. The van der Waals surface area contributed by atoms with Gasteiger partial charge in [-0.15, -0.1) is 0 Å².